The molecular weight excluding hydrogens is 174 g/mol. The lowest BCUT2D eigenvalue weighted by atomic mass is 10.1. The molecule has 0 aliphatic carbocycles. The Kier molecular flexibility index (Phi) is 4.42. The van der Waals surface area contributed by atoms with Crippen LogP contribution in [0.5, 0.6) is 0 Å². The van der Waals surface area contributed by atoms with Crippen molar-refractivity contribution in [3.05, 3.63) is 11.1 Å². The summed E-state index contributed by atoms with van der Waals surface area (Å²) in [5.41, 5.74) is 3.01. The van der Waals surface area contributed by atoms with E-state index in [2.05, 4.69) is 46.5 Å². The molecule has 0 aliphatic heterocycles. The SMILES string of the molecule is CC(C)=C(C)CC(C#N)[Si](C)(C)C. The molecule has 0 fully saturated rings. The Morgan fingerprint density at radius 1 is 1.23 bits per heavy atom. The van der Waals surface area contributed by atoms with Crippen LogP contribution in [0.15, 0.2) is 11.1 Å². The lowest BCUT2D eigenvalue weighted by Gasteiger charge is -2.23. The van der Waals surface area contributed by atoms with E-state index in [1.54, 1.807) is 0 Å². The number of nitrogens with zero attached hydrogens (tertiary/aromatic N) is 1. The minimum absolute atomic E-state index is 0.266. The molecule has 0 saturated heterocycles. The number of rotatable bonds is 3. The fourth-order valence-electron chi connectivity index (χ4n) is 1.06. The van der Waals surface area contributed by atoms with Gasteiger partial charge in [0.1, 0.15) is 0 Å². The molecule has 0 aromatic heterocycles. The maximum atomic E-state index is 9.05. The van der Waals surface area contributed by atoms with Gasteiger partial charge in [-0.1, -0.05) is 30.8 Å². The van der Waals surface area contributed by atoms with Crippen LogP contribution in [0.4, 0.5) is 0 Å². The second kappa shape index (κ2) is 4.62. The lowest BCUT2D eigenvalue weighted by Crippen LogP contribution is -2.27. The second-order valence-corrected chi connectivity index (χ2v) is 10.5. The summed E-state index contributed by atoms with van der Waals surface area (Å²) in [7, 11) is -1.29. The van der Waals surface area contributed by atoms with Crippen molar-refractivity contribution in [3.8, 4) is 6.07 Å². The van der Waals surface area contributed by atoms with Crippen LogP contribution in [-0.4, -0.2) is 8.07 Å². The fourth-order valence-corrected chi connectivity index (χ4v) is 2.36. The summed E-state index contributed by atoms with van der Waals surface area (Å²) in [6.45, 7) is 13.2. The first-order valence-electron chi connectivity index (χ1n) is 4.81. The third-order valence-electron chi connectivity index (χ3n) is 2.57. The molecule has 1 atom stereocenters. The molecular formula is C11H21NSi. The molecule has 0 N–H and O–H groups in total. The number of nitriles is 1. The lowest BCUT2D eigenvalue weighted by molar-refractivity contribution is 0.925. The van der Waals surface area contributed by atoms with Gasteiger partial charge in [-0.3, -0.25) is 0 Å². The van der Waals surface area contributed by atoms with Crippen LogP contribution < -0.4 is 0 Å². The smallest absolute Gasteiger partial charge is 0.0644 e. The molecule has 0 spiro atoms. The molecule has 1 nitrogen and oxygen atoms in total. The molecule has 0 bridgehead atoms. The van der Waals surface area contributed by atoms with Gasteiger partial charge in [0.15, 0.2) is 0 Å². The van der Waals surface area contributed by atoms with Crippen molar-refractivity contribution < 1.29 is 0 Å². The molecule has 2 heteroatoms. The van der Waals surface area contributed by atoms with Gasteiger partial charge in [-0.05, 0) is 27.2 Å². The van der Waals surface area contributed by atoms with Gasteiger partial charge in [0.2, 0.25) is 0 Å². The van der Waals surface area contributed by atoms with Gasteiger partial charge in [0.05, 0.1) is 14.1 Å². The maximum Gasteiger partial charge on any atom is 0.0644 e. The van der Waals surface area contributed by atoms with Crippen molar-refractivity contribution in [2.75, 3.05) is 0 Å². The number of allylic oxidation sites excluding steroid dienone is 2. The Hall–Kier alpha value is -0.553. The van der Waals surface area contributed by atoms with E-state index in [1.165, 1.54) is 11.1 Å². The van der Waals surface area contributed by atoms with Crippen LogP contribution in [-0.2, 0) is 0 Å². The Morgan fingerprint density at radius 2 is 1.69 bits per heavy atom. The van der Waals surface area contributed by atoms with Crippen molar-refractivity contribution in [1.29, 1.82) is 5.26 Å². The Labute approximate surface area is 83.5 Å². The molecule has 74 valence electrons. The first-order chi connectivity index (χ1) is 5.79. The summed E-state index contributed by atoms with van der Waals surface area (Å²) < 4.78 is 0. The minimum atomic E-state index is -1.29. The largest absolute Gasteiger partial charge is 0.198 e. The molecule has 13 heavy (non-hydrogen) atoms. The zero-order valence-corrected chi connectivity index (χ0v) is 10.7. The third kappa shape index (κ3) is 4.28. The third-order valence-corrected chi connectivity index (χ3v) is 4.99. The van der Waals surface area contributed by atoms with Gasteiger partial charge in [0.25, 0.3) is 0 Å². The number of hydrogen-bond acceptors (Lipinski definition) is 1. The molecule has 0 rings (SSSR count). The molecule has 0 aromatic carbocycles. The topological polar surface area (TPSA) is 23.8 Å². The Bertz CT molecular complexity index is 236. The minimum Gasteiger partial charge on any atom is -0.198 e. The van der Waals surface area contributed by atoms with E-state index in [0.29, 0.717) is 0 Å². The van der Waals surface area contributed by atoms with Crippen molar-refractivity contribution >= 4 is 8.07 Å². The van der Waals surface area contributed by atoms with Crippen LogP contribution in [0.25, 0.3) is 0 Å². The van der Waals surface area contributed by atoms with E-state index in [1.807, 2.05) is 0 Å². The first kappa shape index (κ1) is 12.4. The van der Waals surface area contributed by atoms with Crippen LogP contribution >= 0.6 is 0 Å². The summed E-state index contributed by atoms with van der Waals surface area (Å²) in [6.07, 6.45) is 0.967. The molecule has 0 aromatic rings. The van der Waals surface area contributed by atoms with Crippen LogP contribution in [0.1, 0.15) is 27.2 Å². The van der Waals surface area contributed by atoms with E-state index in [-0.39, 0.29) is 5.54 Å². The monoisotopic (exact) mass is 195 g/mol. The van der Waals surface area contributed by atoms with E-state index in [9.17, 15) is 0 Å². The van der Waals surface area contributed by atoms with E-state index < -0.39 is 8.07 Å². The summed E-state index contributed by atoms with van der Waals surface area (Å²) in [6, 6.07) is 2.46. The molecule has 1 unspecified atom stereocenters. The van der Waals surface area contributed by atoms with Crippen molar-refractivity contribution in [2.45, 2.75) is 52.4 Å². The second-order valence-electron chi connectivity index (χ2n) is 5.03. The van der Waals surface area contributed by atoms with E-state index >= 15 is 0 Å². The highest BCUT2D eigenvalue weighted by Crippen LogP contribution is 2.28. The molecule has 0 radical (unpaired) electrons. The zero-order chi connectivity index (χ0) is 10.6. The highest BCUT2D eigenvalue weighted by Gasteiger charge is 2.26. The quantitative estimate of drug-likeness (QED) is 0.494. The van der Waals surface area contributed by atoms with Crippen molar-refractivity contribution in [3.63, 3.8) is 0 Å². The predicted molar refractivity (Wildman–Crippen MR) is 61.4 cm³/mol. The van der Waals surface area contributed by atoms with Gasteiger partial charge < -0.3 is 0 Å². The van der Waals surface area contributed by atoms with Crippen LogP contribution in [0, 0.1) is 11.3 Å². The molecule has 0 amide bonds. The van der Waals surface area contributed by atoms with Gasteiger partial charge in [0, 0.05) is 5.54 Å². The maximum absolute atomic E-state index is 9.05. The average Bonchev–Trinajstić information content (AvgIpc) is 1.96. The van der Waals surface area contributed by atoms with Gasteiger partial charge in [-0.25, -0.2) is 0 Å². The molecule has 0 saturated carbocycles. The number of hydrogen-bond donors (Lipinski definition) is 0. The van der Waals surface area contributed by atoms with E-state index in [4.69, 9.17) is 5.26 Å². The summed E-state index contributed by atoms with van der Waals surface area (Å²) in [5.74, 6) is 0. The highest BCUT2D eigenvalue weighted by atomic mass is 28.3. The van der Waals surface area contributed by atoms with E-state index in [0.717, 1.165) is 6.42 Å². The summed E-state index contributed by atoms with van der Waals surface area (Å²) in [4.78, 5) is 0. The fraction of sp³-hybridized carbons (Fsp3) is 0.727. The highest BCUT2D eigenvalue weighted by molar-refractivity contribution is 6.78. The van der Waals surface area contributed by atoms with Crippen molar-refractivity contribution in [1.82, 2.24) is 0 Å². The summed E-state index contributed by atoms with van der Waals surface area (Å²) >= 11 is 0. The normalized spacial score (nSPS) is 13.3. The standard InChI is InChI=1S/C11H21NSi/c1-9(2)10(3)7-11(8-12)13(4,5)6/h11H,7H2,1-6H3. The Morgan fingerprint density at radius 3 is 1.92 bits per heavy atom. The van der Waals surface area contributed by atoms with Crippen molar-refractivity contribution in [2.24, 2.45) is 0 Å². The predicted octanol–water partition coefficient (Wildman–Crippen LogP) is 3.96. The first-order valence-corrected chi connectivity index (χ1v) is 8.39. The average molecular weight is 195 g/mol. The van der Waals surface area contributed by atoms with Crippen LogP contribution in [0.3, 0.4) is 0 Å². The summed E-state index contributed by atoms with van der Waals surface area (Å²) in [5, 5.41) is 9.05. The van der Waals surface area contributed by atoms with Gasteiger partial charge in [-0.2, -0.15) is 5.26 Å². The van der Waals surface area contributed by atoms with Gasteiger partial charge in [-0.15, -0.1) is 0 Å². The van der Waals surface area contributed by atoms with Gasteiger partial charge >= 0.3 is 0 Å². The Balaban J connectivity index is 4.52. The molecule has 0 aliphatic rings. The zero-order valence-electron chi connectivity index (χ0n) is 9.73. The van der Waals surface area contributed by atoms with Crippen LogP contribution in [0.2, 0.25) is 25.2 Å². The molecule has 0 heterocycles.